The van der Waals surface area contributed by atoms with Crippen molar-refractivity contribution in [3.05, 3.63) is 206 Å². The minimum Gasteiger partial charge on any atom is -0.456 e. The average molecular weight is 703 g/mol. The van der Waals surface area contributed by atoms with Crippen molar-refractivity contribution in [3.63, 3.8) is 0 Å². The number of aromatic nitrogens is 1. The number of benzene rings is 9. The molecule has 2 heterocycles. The Hall–Kier alpha value is -7.36. The molecule has 0 atom stereocenters. The predicted molar refractivity (Wildman–Crippen MR) is 231 cm³/mol. The van der Waals surface area contributed by atoms with Crippen LogP contribution >= 0.6 is 0 Å². The van der Waals surface area contributed by atoms with Gasteiger partial charge in [-0.1, -0.05) is 140 Å². The Labute approximate surface area is 318 Å². The lowest BCUT2D eigenvalue weighted by atomic mass is 9.98. The standard InChI is InChI=1S/C52H34N2O/c1-2-14-37-33-38(26-25-35(37)13-1)36-27-30-40(31-28-36)53(46-19-7-3-15-41(46)39-29-32-52-45(34-39)44-18-6-12-24-51(44)55-52)49-22-10-11-23-50(49)54-47-20-8-4-16-42(47)43-17-5-9-21-48(43)54/h1-34H. The molecule has 55 heavy (non-hydrogen) atoms. The number of furan rings is 1. The first kappa shape index (κ1) is 31.2. The van der Waals surface area contributed by atoms with E-state index in [1.165, 1.54) is 43.7 Å². The molecule has 0 radical (unpaired) electrons. The van der Waals surface area contributed by atoms with Crippen LogP contribution in [0, 0.1) is 0 Å². The lowest BCUT2D eigenvalue weighted by Gasteiger charge is -2.30. The van der Waals surface area contributed by atoms with E-state index < -0.39 is 0 Å². The number of fused-ring (bicyclic) bond motifs is 7. The molecule has 0 spiro atoms. The van der Waals surface area contributed by atoms with Crippen LogP contribution < -0.4 is 4.90 Å². The van der Waals surface area contributed by atoms with Crippen LogP contribution in [-0.2, 0) is 0 Å². The molecule has 3 nitrogen and oxygen atoms in total. The molecular weight excluding hydrogens is 669 g/mol. The topological polar surface area (TPSA) is 21.3 Å². The first-order valence-electron chi connectivity index (χ1n) is 18.8. The highest BCUT2D eigenvalue weighted by atomic mass is 16.3. The van der Waals surface area contributed by atoms with Crippen molar-refractivity contribution in [2.45, 2.75) is 0 Å². The summed E-state index contributed by atoms with van der Waals surface area (Å²) in [4.78, 5) is 2.43. The Bertz CT molecular complexity index is 3170. The normalized spacial score (nSPS) is 11.6. The molecule has 0 saturated heterocycles. The SMILES string of the molecule is c1ccc(N(c2ccc(-c3ccc4ccccc4c3)cc2)c2ccccc2-n2c3ccccc3c3ccccc32)c(-c2ccc3oc4ccccc4c3c2)c1. The summed E-state index contributed by atoms with van der Waals surface area (Å²) in [5.41, 5.74) is 13.1. The van der Waals surface area contributed by atoms with E-state index in [2.05, 4.69) is 204 Å². The van der Waals surface area contributed by atoms with Gasteiger partial charge in [0.25, 0.3) is 0 Å². The second-order valence-electron chi connectivity index (χ2n) is 14.1. The maximum atomic E-state index is 6.25. The van der Waals surface area contributed by atoms with E-state index in [9.17, 15) is 0 Å². The van der Waals surface area contributed by atoms with E-state index >= 15 is 0 Å². The van der Waals surface area contributed by atoms with Crippen molar-refractivity contribution < 1.29 is 4.42 Å². The maximum absolute atomic E-state index is 6.25. The third kappa shape index (κ3) is 5.13. The minimum absolute atomic E-state index is 0.889. The fourth-order valence-electron chi connectivity index (χ4n) is 8.41. The van der Waals surface area contributed by atoms with Gasteiger partial charge in [-0.3, -0.25) is 0 Å². The third-order valence-electron chi connectivity index (χ3n) is 11.0. The predicted octanol–water partition coefficient (Wildman–Crippen LogP) is 14.6. The van der Waals surface area contributed by atoms with Crippen LogP contribution in [0.4, 0.5) is 17.1 Å². The summed E-state index contributed by atoms with van der Waals surface area (Å²) >= 11 is 0. The molecule has 0 amide bonds. The average Bonchev–Trinajstić information content (AvgIpc) is 3.80. The van der Waals surface area contributed by atoms with E-state index in [1.807, 2.05) is 12.1 Å². The molecule has 9 aromatic carbocycles. The van der Waals surface area contributed by atoms with Crippen LogP contribution in [-0.4, -0.2) is 4.57 Å². The van der Waals surface area contributed by atoms with E-state index in [4.69, 9.17) is 4.42 Å². The summed E-state index contributed by atoms with van der Waals surface area (Å²) < 4.78 is 8.66. The van der Waals surface area contributed by atoms with Gasteiger partial charge in [0.1, 0.15) is 11.2 Å². The Morgan fingerprint density at radius 1 is 0.364 bits per heavy atom. The smallest absolute Gasteiger partial charge is 0.135 e. The van der Waals surface area contributed by atoms with Gasteiger partial charge >= 0.3 is 0 Å². The van der Waals surface area contributed by atoms with E-state index in [1.54, 1.807) is 0 Å². The van der Waals surface area contributed by atoms with Gasteiger partial charge in [0.05, 0.1) is 28.1 Å². The van der Waals surface area contributed by atoms with Gasteiger partial charge in [-0.05, 0) is 94.2 Å². The van der Waals surface area contributed by atoms with Gasteiger partial charge in [0.15, 0.2) is 0 Å². The summed E-state index contributed by atoms with van der Waals surface area (Å²) in [7, 11) is 0. The van der Waals surface area contributed by atoms with Crippen molar-refractivity contribution in [2.75, 3.05) is 4.90 Å². The second kappa shape index (κ2) is 12.6. The molecule has 3 heteroatoms. The second-order valence-corrected chi connectivity index (χ2v) is 14.1. The monoisotopic (exact) mass is 702 g/mol. The lowest BCUT2D eigenvalue weighted by Crippen LogP contribution is -2.14. The summed E-state index contributed by atoms with van der Waals surface area (Å²) in [6.07, 6.45) is 0. The molecule has 0 aliphatic rings. The number of hydrogen-bond donors (Lipinski definition) is 0. The maximum Gasteiger partial charge on any atom is 0.135 e. The van der Waals surface area contributed by atoms with Gasteiger partial charge in [0.2, 0.25) is 0 Å². The lowest BCUT2D eigenvalue weighted by molar-refractivity contribution is 0.669. The zero-order valence-electron chi connectivity index (χ0n) is 29.9. The molecule has 0 fully saturated rings. The van der Waals surface area contributed by atoms with Gasteiger partial charge in [-0.25, -0.2) is 0 Å². The number of rotatable bonds is 6. The third-order valence-corrected chi connectivity index (χ3v) is 11.0. The van der Waals surface area contributed by atoms with Crippen LogP contribution in [0.3, 0.4) is 0 Å². The summed E-state index contributed by atoms with van der Waals surface area (Å²) in [5, 5.41) is 7.19. The fraction of sp³-hybridized carbons (Fsp3) is 0. The molecule has 0 aliphatic heterocycles. The van der Waals surface area contributed by atoms with Gasteiger partial charge < -0.3 is 13.9 Å². The van der Waals surface area contributed by atoms with E-state index in [-0.39, 0.29) is 0 Å². The molecule has 11 rings (SSSR count). The zero-order chi connectivity index (χ0) is 36.3. The Kier molecular flexibility index (Phi) is 7.17. The highest BCUT2D eigenvalue weighted by molar-refractivity contribution is 6.10. The number of hydrogen-bond acceptors (Lipinski definition) is 2. The molecule has 0 aliphatic carbocycles. The van der Waals surface area contributed by atoms with Crippen molar-refractivity contribution >= 4 is 71.6 Å². The summed E-state index contributed by atoms with van der Waals surface area (Å²) in [6, 6.07) is 74.1. The quantitative estimate of drug-likeness (QED) is 0.172. The summed E-state index contributed by atoms with van der Waals surface area (Å²) in [6.45, 7) is 0. The van der Waals surface area contributed by atoms with Crippen LogP contribution in [0.1, 0.15) is 0 Å². The van der Waals surface area contributed by atoms with Gasteiger partial charge in [-0.15, -0.1) is 0 Å². The number of para-hydroxylation sites is 6. The van der Waals surface area contributed by atoms with Crippen LogP contribution in [0.2, 0.25) is 0 Å². The molecule has 258 valence electrons. The van der Waals surface area contributed by atoms with Gasteiger partial charge in [0, 0.05) is 32.8 Å². The van der Waals surface area contributed by atoms with Crippen LogP contribution in [0.25, 0.3) is 82.5 Å². The fourth-order valence-corrected chi connectivity index (χ4v) is 8.41. The van der Waals surface area contributed by atoms with E-state index in [0.717, 1.165) is 55.8 Å². The van der Waals surface area contributed by atoms with Crippen LogP contribution in [0.15, 0.2) is 211 Å². The molecule has 11 aromatic rings. The number of nitrogens with zero attached hydrogens (tertiary/aromatic N) is 2. The molecule has 0 bridgehead atoms. The highest BCUT2D eigenvalue weighted by Crippen LogP contribution is 2.46. The molecule has 0 N–H and O–H groups in total. The summed E-state index contributed by atoms with van der Waals surface area (Å²) in [5.74, 6) is 0. The van der Waals surface area contributed by atoms with Crippen molar-refractivity contribution in [3.8, 4) is 27.9 Å². The first-order valence-corrected chi connectivity index (χ1v) is 18.8. The largest absolute Gasteiger partial charge is 0.456 e. The zero-order valence-corrected chi connectivity index (χ0v) is 29.9. The number of anilines is 3. The first-order chi connectivity index (χ1) is 27.3. The Balaban J connectivity index is 1.14. The van der Waals surface area contributed by atoms with E-state index in [0.29, 0.717) is 0 Å². The Morgan fingerprint density at radius 2 is 0.945 bits per heavy atom. The molecular formula is C52H34N2O. The molecule has 0 unspecified atom stereocenters. The van der Waals surface area contributed by atoms with Crippen molar-refractivity contribution in [1.29, 1.82) is 0 Å². The van der Waals surface area contributed by atoms with Crippen LogP contribution in [0.5, 0.6) is 0 Å². The Morgan fingerprint density at radius 3 is 1.75 bits per heavy atom. The molecule has 0 saturated carbocycles. The van der Waals surface area contributed by atoms with Crippen molar-refractivity contribution in [1.82, 2.24) is 4.57 Å². The minimum atomic E-state index is 0.889. The highest BCUT2D eigenvalue weighted by Gasteiger charge is 2.23. The van der Waals surface area contributed by atoms with Crippen molar-refractivity contribution in [2.24, 2.45) is 0 Å². The van der Waals surface area contributed by atoms with Gasteiger partial charge in [-0.2, -0.15) is 0 Å². The molecule has 2 aromatic heterocycles.